The van der Waals surface area contributed by atoms with Gasteiger partial charge in [-0.05, 0) is 0 Å². The summed E-state index contributed by atoms with van der Waals surface area (Å²) in [6.45, 7) is 0. The summed E-state index contributed by atoms with van der Waals surface area (Å²) in [5.74, 6) is 0. The molecule has 15 nitrogen and oxygen atoms in total. The Morgan fingerprint density at radius 1 is 0.375 bits per heavy atom. The van der Waals surface area contributed by atoms with Crippen molar-refractivity contribution in [1.29, 1.82) is 0 Å². The number of rotatable bonds is 0. The van der Waals surface area contributed by atoms with Crippen molar-refractivity contribution in [3.63, 3.8) is 0 Å². The second kappa shape index (κ2) is 23.0. The van der Waals surface area contributed by atoms with E-state index in [2.05, 4.69) is 14.2 Å². The minimum Gasteiger partial charge on any atom is -0.483 e. The van der Waals surface area contributed by atoms with Crippen LogP contribution < -0.4 is 30.6 Å². The fraction of sp³-hybridized carbons (Fsp3) is 0. The molecule has 0 aliphatic rings. The van der Waals surface area contributed by atoms with Gasteiger partial charge in [0, 0.05) is 0 Å². The molecule has 24 heavy (non-hydrogen) atoms. The molecule has 0 spiro atoms. The Kier molecular flexibility index (Phi) is 36.2. The molecule has 0 saturated carbocycles. The predicted molar refractivity (Wildman–Crippen MR) is 35.6 cm³/mol. The van der Waals surface area contributed by atoms with Crippen molar-refractivity contribution in [2.45, 2.75) is 0 Å². The molecule has 18 heteroatoms. The van der Waals surface area contributed by atoms with Crippen LogP contribution in [0.2, 0.25) is 0 Å². The number of hydrogen-bond acceptors (Lipinski definition) is 15. The van der Waals surface area contributed by atoms with E-state index in [1.165, 1.54) is 0 Å². The van der Waals surface area contributed by atoms with Crippen molar-refractivity contribution in [2.75, 3.05) is 0 Å². The molecule has 0 rings (SSSR count). The molecular formula is C6Co3O15. The van der Waals surface area contributed by atoms with Crippen molar-refractivity contribution in [1.82, 2.24) is 0 Å². The van der Waals surface area contributed by atoms with Gasteiger partial charge in [-0.25, -0.2) is 0 Å². The quantitative estimate of drug-likeness (QED) is 0.174. The number of hydrogen-bond donors (Lipinski definition) is 0. The third-order valence-electron chi connectivity index (χ3n) is 0.500. The van der Waals surface area contributed by atoms with Gasteiger partial charge in [0.25, 0.3) is 36.9 Å². The SMILES string of the molecule is O=C([O-])OC(=O)[O-].O=C([O-])OC(=O)[O-].O=C([O-])OC(=O)[O-].[Co+2].[Co+2].[Co+2]. The summed E-state index contributed by atoms with van der Waals surface area (Å²) in [7, 11) is 0. The fourth-order valence-corrected chi connectivity index (χ4v) is 0.204. The zero-order chi connectivity index (χ0) is 17.6. The van der Waals surface area contributed by atoms with Crippen molar-refractivity contribution >= 4 is 36.9 Å². The van der Waals surface area contributed by atoms with Crippen LogP contribution in [0.25, 0.3) is 0 Å². The maximum atomic E-state index is 9.06. The van der Waals surface area contributed by atoms with E-state index in [0.29, 0.717) is 0 Å². The van der Waals surface area contributed by atoms with E-state index in [9.17, 15) is 0 Å². The maximum absolute atomic E-state index is 9.06. The number of carbonyl (C=O) groups is 6. The Labute approximate surface area is 161 Å². The van der Waals surface area contributed by atoms with Gasteiger partial charge in [-0.1, -0.05) is 0 Å². The van der Waals surface area contributed by atoms with E-state index in [1.54, 1.807) is 0 Å². The molecule has 0 aromatic carbocycles. The van der Waals surface area contributed by atoms with Crippen molar-refractivity contribution in [3.8, 4) is 0 Å². The molecule has 0 aromatic heterocycles. The summed E-state index contributed by atoms with van der Waals surface area (Å²) in [6.07, 6.45) is -12.7. The van der Waals surface area contributed by atoms with E-state index in [-0.39, 0.29) is 50.3 Å². The van der Waals surface area contributed by atoms with Crippen LogP contribution in [0.3, 0.4) is 0 Å². The molecule has 3 radical (unpaired) electrons. The van der Waals surface area contributed by atoms with Crippen molar-refractivity contribution < 1.29 is 124 Å². The molecule has 0 saturated heterocycles. The second-order valence-electron chi connectivity index (χ2n) is 1.81. The van der Waals surface area contributed by atoms with Crippen molar-refractivity contribution in [2.24, 2.45) is 0 Å². The Morgan fingerprint density at radius 3 is 0.458 bits per heavy atom. The molecule has 0 heterocycles. The van der Waals surface area contributed by atoms with Gasteiger partial charge in [0.1, 0.15) is 0 Å². The first-order valence-electron chi connectivity index (χ1n) is 3.67. The molecule has 0 atom stereocenters. The Balaban J connectivity index is -0.0000000476. The van der Waals surface area contributed by atoms with Crippen LogP contribution in [0.15, 0.2) is 0 Å². The zero-order valence-corrected chi connectivity index (χ0v) is 13.2. The van der Waals surface area contributed by atoms with Gasteiger partial charge in [0.05, 0.1) is 0 Å². The normalized spacial score (nSPS) is 6.50. The molecule has 0 bridgehead atoms. The average molecular weight is 489 g/mol. The van der Waals surface area contributed by atoms with Gasteiger partial charge in [-0.3, -0.25) is 0 Å². The topological polar surface area (TPSA) is 268 Å². The Morgan fingerprint density at radius 2 is 0.458 bits per heavy atom. The van der Waals surface area contributed by atoms with Crippen LogP contribution in [0.1, 0.15) is 0 Å². The van der Waals surface area contributed by atoms with E-state index in [0.717, 1.165) is 0 Å². The molecular weight excluding hydrogens is 489 g/mol. The zero-order valence-electron chi connectivity index (χ0n) is 10.1. The molecule has 0 aliphatic heterocycles. The Hall–Kier alpha value is -2.26. The third kappa shape index (κ3) is 73.1. The predicted octanol–water partition coefficient (Wildman–Crippen LogP) is -6.94. The van der Waals surface area contributed by atoms with Gasteiger partial charge in [0.15, 0.2) is 0 Å². The van der Waals surface area contributed by atoms with E-state index in [4.69, 9.17) is 59.4 Å². The standard InChI is InChI=1S/3C2H2O5.3Co/c3*3-1(4)7-2(5)6;;;/h3*(H,3,4)(H,5,6);;;/q;;;3*+2/p-6. The summed E-state index contributed by atoms with van der Waals surface area (Å²) < 4.78 is 8.58. The third-order valence-corrected chi connectivity index (χ3v) is 0.500. The number of carboxylic acid groups (broad SMARTS) is 6. The summed E-state index contributed by atoms with van der Waals surface area (Å²) >= 11 is 0. The van der Waals surface area contributed by atoms with E-state index < -0.39 is 36.9 Å². The first kappa shape index (κ1) is 37.7. The van der Waals surface area contributed by atoms with Crippen LogP contribution in [-0.2, 0) is 64.5 Å². The van der Waals surface area contributed by atoms with Gasteiger partial charge < -0.3 is 73.6 Å². The smallest absolute Gasteiger partial charge is 0.483 e. The van der Waals surface area contributed by atoms with Gasteiger partial charge in [-0.15, -0.1) is 0 Å². The second-order valence-corrected chi connectivity index (χ2v) is 1.81. The van der Waals surface area contributed by atoms with E-state index >= 15 is 0 Å². The minimum atomic E-state index is -2.12. The molecule has 0 N–H and O–H groups in total. The summed E-state index contributed by atoms with van der Waals surface area (Å²) in [5.41, 5.74) is 0. The van der Waals surface area contributed by atoms with Crippen LogP contribution in [-0.4, -0.2) is 36.9 Å². The fourth-order valence-electron chi connectivity index (χ4n) is 0.204. The van der Waals surface area contributed by atoms with Crippen molar-refractivity contribution in [3.05, 3.63) is 0 Å². The maximum Gasteiger partial charge on any atom is 2.00 e. The van der Waals surface area contributed by atoms with E-state index in [1.807, 2.05) is 0 Å². The molecule has 0 amide bonds. The largest absolute Gasteiger partial charge is 2.00 e. The number of ether oxygens (including phenoxy) is 3. The van der Waals surface area contributed by atoms with Crippen LogP contribution >= 0.6 is 0 Å². The first-order chi connectivity index (χ1) is 9.38. The molecule has 0 aromatic rings. The van der Waals surface area contributed by atoms with Gasteiger partial charge >= 0.3 is 50.3 Å². The molecule has 0 fully saturated rings. The summed E-state index contributed by atoms with van der Waals surface area (Å²) in [4.78, 5) is 54.3. The average Bonchev–Trinajstić information content (AvgIpc) is 2.10. The molecule has 0 unspecified atom stereocenters. The first-order valence-corrected chi connectivity index (χ1v) is 3.67. The summed E-state index contributed by atoms with van der Waals surface area (Å²) in [5, 5.41) is 54.3. The Bertz CT molecular complexity index is 322. The van der Waals surface area contributed by atoms with Gasteiger partial charge in [0.2, 0.25) is 0 Å². The monoisotopic (exact) mass is 489 g/mol. The number of carbonyl (C=O) groups excluding carboxylic acids is 6. The van der Waals surface area contributed by atoms with Crippen LogP contribution in [0.5, 0.6) is 0 Å². The molecule has 0 aliphatic carbocycles. The van der Waals surface area contributed by atoms with Gasteiger partial charge in [-0.2, -0.15) is 0 Å². The molecule has 141 valence electrons. The minimum absolute atomic E-state index is 0. The summed E-state index contributed by atoms with van der Waals surface area (Å²) in [6, 6.07) is 0. The van der Waals surface area contributed by atoms with Crippen LogP contribution in [0.4, 0.5) is 28.8 Å². The van der Waals surface area contributed by atoms with Crippen LogP contribution in [0, 0.1) is 0 Å².